The van der Waals surface area contributed by atoms with Gasteiger partial charge in [0, 0.05) is 18.7 Å². The van der Waals surface area contributed by atoms with Crippen molar-refractivity contribution in [2.24, 2.45) is 4.99 Å². The number of anilines is 2. The Balaban J connectivity index is 0.00000133. The maximum Gasteiger partial charge on any atom is 0.271 e. The lowest BCUT2D eigenvalue weighted by molar-refractivity contribution is -0.384. The Morgan fingerprint density at radius 1 is 1.24 bits per heavy atom. The fourth-order valence-electron chi connectivity index (χ4n) is 1.94. The third kappa shape index (κ3) is 3.68. The van der Waals surface area contributed by atoms with Crippen LogP contribution in [0.2, 0.25) is 0 Å². The molecule has 1 unspecified atom stereocenters. The van der Waals surface area contributed by atoms with Gasteiger partial charge in [0.2, 0.25) is 0 Å². The van der Waals surface area contributed by atoms with Gasteiger partial charge in [0.1, 0.15) is 0 Å². The fourth-order valence-corrected chi connectivity index (χ4v) is 1.94. The summed E-state index contributed by atoms with van der Waals surface area (Å²) in [5.74, 6) is 0.724. The van der Waals surface area contributed by atoms with Crippen LogP contribution < -0.4 is 21.3 Å². The van der Waals surface area contributed by atoms with Gasteiger partial charge in [-0.1, -0.05) is 0 Å². The molecule has 1 atom stereocenters. The van der Waals surface area contributed by atoms with Crippen molar-refractivity contribution in [1.82, 2.24) is 10.6 Å². The second kappa shape index (κ2) is 7.23. The van der Waals surface area contributed by atoms with Crippen LogP contribution in [0.3, 0.4) is 0 Å². The van der Waals surface area contributed by atoms with E-state index < -0.39 is 4.92 Å². The number of non-ortho nitro benzene ring substituents is 1. The molecule has 0 fully saturated rings. The predicted octanol–water partition coefficient (Wildman–Crippen LogP) is -2.21. The zero-order valence-corrected chi connectivity index (χ0v) is 10.9. The van der Waals surface area contributed by atoms with Crippen molar-refractivity contribution >= 4 is 23.0 Å². The second-order valence-corrected chi connectivity index (χ2v) is 4.01. The SMILES string of the molecule is O.O.O.O=[N+]([O-])c1ccc2c(c1)NC(NC1=NCCN1)N2. The summed E-state index contributed by atoms with van der Waals surface area (Å²) in [5.41, 5.74) is 1.61. The highest BCUT2D eigenvalue weighted by Crippen LogP contribution is 2.31. The van der Waals surface area contributed by atoms with E-state index in [4.69, 9.17) is 0 Å². The lowest BCUT2D eigenvalue weighted by Gasteiger charge is -2.15. The summed E-state index contributed by atoms with van der Waals surface area (Å²) >= 11 is 0. The monoisotopic (exact) mass is 302 g/mol. The predicted molar refractivity (Wildman–Crippen MR) is 78.4 cm³/mol. The molecule has 0 bridgehead atoms. The van der Waals surface area contributed by atoms with Crippen molar-refractivity contribution in [2.45, 2.75) is 6.29 Å². The molecule has 0 spiro atoms. The minimum atomic E-state index is -0.411. The van der Waals surface area contributed by atoms with Crippen LogP contribution in [-0.2, 0) is 0 Å². The molecule has 1 aromatic carbocycles. The maximum absolute atomic E-state index is 10.7. The van der Waals surface area contributed by atoms with Crippen LogP contribution in [-0.4, -0.2) is 46.7 Å². The van der Waals surface area contributed by atoms with Crippen molar-refractivity contribution in [2.75, 3.05) is 23.7 Å². The Bertz CT molecular complexity index is 537. The quantitative estimate of drug-likeness (QED) is 0.352. The minimum absolute atomic E-state index is 0. The zero-order valence-electron chi connectivity index (χ0n) is 10.9. The lowest BCUT2D eigenvalue weighted by atomic mass is 10.2. The summed E-state index contributed by atoms with van der Waals surface area (Å²) in [6.45, 7) is 1.58. The van der Waals surface area contributed by atoms with Gasteiger partial charge in [-0.2, -0.15) is 0 Å². The van der Waals surface area contributed by atoms with Gasteiger partial charge in [0.15, 0.2) is 12.2 Å². The summed E-state index contributed by atoms with van der Waals surface area (Å²) in [6, 6.07) is 4.67. The van der Waals surface area contributed by atoms with E-state index in [1.54, 1.807) is 6.07 Å². The molecule has 2 aliphatic rings. The van der Waals surface area contributed by atoms with E-state index in [1.807, 2.05) is 0 Å². The first-order valence-electron chi connectivity index (χ1n) is 5.59. The Morgan fingerprint density at radius 2 is 1.95 bits per heavy atom. The van der Waals surface area contributed by atoms with E-state index in [0.29, 0.717) is 5.69 Å². The average Bonchev–Trinajstić information content (AvgIpc) is 2.96. The lowest BCUT2D eigenvalue weighted by Crippen LogP contribution is -2.47. The van der Waals surface area contributed by atoms with Crippen LogP contribution in [0.1, 0.15) is 0 Å². The highest BCUT2D eigenvalue weighted by atomic mass is 16.6. The molecule has 0 saturated heterocycles. The summed E-state index contributed by atoms with van der Waals surface area (Å²) in [5, 5.41) is 23.2. The van der Waals surface area contributed by atoms with Gasteiger partial charge in [0.25, 0.3) is 5.69 Å². The highest BCUT2D eigenvalue weighted by Gasteiger charge is 2.23. The molecule has 0 amide bonds. The summed E-state index contributed by atoms with van der Waals surface area (Å²) in [6.07, 6.45) is -0.216. The van der Waals surface area contributed by atoms with Crippen LogP contribution in [0.4, 0.5) is 17.1 Å². The number of rotatable bonds is 2. The molecule has 0 aromatic heterocycles. The van der Waals surface area contributed by atoms with Gasteiger partial charge in [-0.05, 0) is 6.07 Å². The third-order valence-electron chi connectivity index (χ3n) is 2.77. The van der Waals surface area contributed by atoms with E-state index >= 15 is 0 Å². The van der Waals surface area contributed by atoms with Crippen molar-refractivity contribution in [3.8, 4) is 0 Å². The molecule has 11 nitrogen and oxygen atoms in total. The van der Waals surface area contributed by atoms with Crippen LogP contribution >= 0.6 is 0 Å². The Hall–Kier alpha value is -2.63. The number of hydrogen-bond acceptors (Lipinski definition) is 7. The fraction of sp³-hybridized carbons (Fsp3) is 0.300. The van der Waals surface area contributed by atoms with Gasteiger partial charge in [-0.15, -0.1) is 0 Å². The molecule has 11 heteroatoms. The van der Waals surface area contributed by atoms with E-state index in [0.717, 1.165) is 24.7 Å². The third-order valence-corrected chi connectivity index (χ3v) is 2.77. The van der Waals surface area contributed by atoms with Crippen molar-refractivity contribution in [1.29, 1.82) is 0 Å². The van der Waals surface area contributed by atoms with Gasteiger partial charge < -0.3 is 37.7 Å². The first kappa shape index (κ1) is 18.4. The van der Waals surface area contributed by atoms with Crippen molar-refractivity contribution < 1.29 is 21.4 Å². The van der Waals surface area contributed by atoms with Gasteiger partial charge in [0.05, 0.1) is 22.8 Å². The molecule has 1 aromatic rings. The first-order chi connectivity index (χ1) is 8.72. The zero-order chi connectivity index (χ0) is 12.5. The smallest absolute Gasteiger partial charge is 0.271 e. The highest BCUT2D eigenvalue weighted by molar-refractivity contribution is 5.84. The van der Waals surface area contributed by atoms with Crippen LogP contribution in [0.25, 0.3) is 0 Å². The Kier molecular flexibility index (Phi) is 6.33. The van der Waals surface area contributed by atoms with E-state index in [2.05, 4.69) is 26.3 Å². The second-order valence-electron chi connectivity index (χ2n) is 4.01. The molecule has 10 N–H and O–H groups in total. The molecular weight excluding hydrogens is 284 g/mol. The molecule has 0 saturated carbocycles. The molecule has 21 heavy (non-hydrogen) atoms. The minimum Gasteiger partial charge on any atom is -0.412 e. The standard InChI is InChI=1S/C10H12N6O2.3H2O/c17-16(18)6-1-2-7-8(5-6)14-10(13-7)15-9-11-3-4-12-9;;;/h1-2,5,10,13-14H,3-4H2,(H2,11,12,15);3*1H2. The van der Waals surface area contributed by atoms with Gasteiger partial charge in [-0.25, -0.2) is 0 Å². The maximum atomic E-state index is 10.7. The number of benzene rings is 1. The number of guanidine groups is 1. The largest absolute Gasteiger partial charge is 0.412 e. The molecule has 2 heterocycles. The number of hydrogen-bond donors (Lipinski definition) is 4. The number of nitro benzene ring substituents is 1. The van der Waals surface area contributed by atoms with Gasteiger partial charge >= 0.3 is 0 Å². The number of nitro groups is 1. The molecule has 3 rings (SSSR count). The first-order valence-corrected chi connectivity index (χ1v) is 5.59. The molecule has 118 valence electrons. The number of aliphatic imine (C=N–C) groups is 1. The molecule has 0 radical (unpaired) electrons. The summed E-state index contributed by atoms with van der Waals surface area (Å²) in [4.78, 5) is 14.5. The van der Waals surface area contributed by atoms with Crippen LogP contribution in [0.5, 0.6) is 0 Å². The number of nitrogens with zero attached hydrogens (tertiary/aromatic N) is 2. The Labute approximate surface area is 119 Å². The summed E-state index contributed by atoms with van der Waals surface area (Å²) < 4.78 is 0. The molecule has 0 aliphatic carbocycles. The molecule has 2 aliphatic heterocycles. The topological polar surface area (TPSA) is 198 Å². The van der Waals surface area contributed by atoms with Crippen molar-refractivity contribution in [3.63, 3.8) is 0 Å². The van der Waals surface area contributed by atoms with E-state index in [9.17, 15) is 10.1 Å². The average molecular weight is 302 g/mol. The van der Waals surface area contributed by atoms with Crippen LogP contribution in [0.15, 0.2) is 23.2 Å². The normalized spacial score (nSPS) is 17.3. The summed E-state index contributed by atoms with van der Waals surface area (Å²) in [7, 11) is 0. The Morgan fingerprint density at radius 3 is 2.57 bits per heavy atom. The molecular formula is C10H18N6O5. The van der Waals surface area contributed by atoms with Crippen LogP contribution in [0, 0.1) is 10.1 Å². The van der Waals surface area contributed by atoms with E-state index in [-0.39, 0.29) is 28.4 Å². The van der Waals surface area contributed by atoms with Gasteiger partial charge in [-0.3, -0.25) is 15.1 Å². The number of nitrogens with one attached hydrogen (secondary N) is 4. The van der Waals surface area contributed by atoms with E-state index in [1.165, 1.54) is 12.1 Å². The number of fused-ring (bicyclic) bond motifs is 1. The van der Waals surface area contributed by atoms with Crippen molar-refractivity contribution in [3.05, 3.63) is 28.3 Å².